The van der Waals surface area contributed by atoms with Crippen molar-refractivity contribution in [2.24, 2.45) is 0 Å². The van der Waals surface area contributed by atoms with E-state index in [4.69, 9.17) is 19.6 Å². The molecule has 0 amide bonds. The maximum absolute atomic E-state index is 6.10. The molecule has 6 heteroatoms. The van der Waals surface area contributed by atoms with Crippen molar-refractivity contribution in [3.05, 3.63) is 18.0 Å². The van der Waals surface area contributed by atoms with Crippen molar-refractivity contribution in [2.45, 2.75) is 31.6 Å². The predicted octanol–water partition coefficient (Wildman–Crippen LogP) is 2.99. The Labute approximate surface area is 123 Å². The second-order valence-electron chi connectivity index (χ2n) is 5.22. The van der Waals surface area contributed by atoms with Gasteiger partial charge in [0.25, 0.3) is 0 Å². The van der Waals surface area contributed by atoms with E-state index in [1.165, 1.54) is 12.8 Å². The van der Waals surface area contributed by atoms with Gasteiger partial charge in [-0.25, -0.2) is 0 Å². The van der Waals surface area contributed by atoms with Gasteiger partial charge in [-0.2, -0.15) is 0 Å². The maximum atomic E-state index is 6.10. The van der Waals surface area contributed by atoms with E-state index in [9.17, 15) is 0 Å². The highest BCUT2D eigenvalue weighted by molar-refractivity contribution is 5.77. The summed E-state index contributed by atoms with van der Waals surface area (Å²) in [7, 11) is 3.15. The van der Waals surface area contributed by atoms with Gasteiger partial charge in [-0.1, -0.05) is 12.8 Å². The zero-order chi connectivity index (χ0) is 14.8. The Hall–Kier alpha value is -2.24. The summed E-state index contributed by atoms with van der Waals surface area (Å²) in [4.78, 5) is 0. The SMILES string of the molecule is COc1cc(OC)c(N)c(-c2nnc(C3CCCC3)o2)c1. The van der Waals surface area contributed by atoms with Crippen molar-refractivity contribution in [3.63, 3.8) is 0 Å². The van der Waals surface area contributed by atoms with Gasteiger partial charge in [-0.05, 0) is 18.9 Å². The Kier molecular flexibility index (Phi) is 3.68. The number of hydrogen-bond donors (Lipinski definition) is 1. The highest BCUT2D eigenvalue weighted by atomic mass is 16.5. The Balaban J connectivity index is 1.99. The molecule has 0 aliphatic heterocycles. The number of benzene rings is 1. The van der Waals surface area contributed by atoms with Crippen LogP contribution in [0.5, 0.6) is 11.5 Å². The van der Waals surface area contributed by atoms with Gasteiger partial charge in [0.1, 0.15) is 11.5 Å². The van der Waals surface area contributed by atoms with E-state index in [-0.39, 0.29) is 0 Å². The molecule has 0 unspecified atom stereocenters. The van der Waals surface area contributed by atoms with Crippen LogP contribution in [-0.4, -0.2) is 24.4 Å². The van der Waals surface area contributed by atoms with Crippen LogP contribution in [0.3, 0.4) is 0 Å². The summed E-state index contributed by atoms with van der Waals surface area (Å²) in [5, 5.41) is 8.31. The fraction of sp³-hybridized carbons (Fsp3) is 0.467. The normalized spacial score (nSPS) is 15.3. The van der Waals surface area contributed by atoms with Crippen LogP contribution in [0.25, 0.3) is 11.5 Å². The number of rotatable bonds is 4. The van der Waals surface area contributed by atoms with Gasteiger partial charge in [0.2, 0.25) is 11.8 Å². The van der Waals surface area contributed by atoms with Gasteiger partial charge in [0.15, 0.2) is 0 Å². The second-order valence-corrected chi connectivity index (χ2v) is 5.22. The van der Waals surface area contributed by atoms with Crippen LogP contribution in [0.1, 0.15) is 37.5 Å². The van der Waals surface area contributed by atoms with Gasteiger partial charge in [-0.3, -0.25) is 0 Å². The van der Waals surface area contributed by atoms with Gasteiger partial charge in [0.05, 0.1) is 25.5 Å². The standard InChI is InChI=1S/C15H19N3O3/c1-19-10-7-11(13(16)12(8-10)20-2)15-18-17-14(21-15)9-5-3-4-6-9/h7-9H,3-6,16H2,1-2H3. The summed E-state index contributed by atoms with van der Waals surface area (Å²) in [5.74, 6) is 2.65. The van der Waals surface area contributed by atoms with Crippen molar-refractivity contribution < 1.29 is 13.9 Å². The molecule has 1 aromatic carbocycles. The zero-order valence-electron chi connectivity index (χ0n) is 12.3. The number of ether oxygens (including phenoxy) is 2. The summed E-state index contributed by atoms with van der Waals surface area (Å²) in [6, 6.07) is 3.51. The first-order valence-corrected chi connectivity index (χ1v) is 7.08. The Morgan fingerprint density at radius 3 is 2.57 bits per heavy atom. The molecule has 1 aromatic heterocycles. The molecule has 1 aliphatic carbocycles. The third kappa shape index (κ3) is 2.53. The minimum atomic E-state index is 0.375. The number of nitrogens with two attached hydrogens (primary N) is 1. The van der Waals surface area contributed by atoms with Gasteiger partial charge < -0.3 is 19.6 Å². The molecule has 2 aromatic rings. The summed E-state index contributed by atoms with van der Waals surface area (Å²) in [6.07, 6.45) is 4.66. The predicted molar refractivity (Wildman–Crippen MR) is 78.5 cm³/mol. The van der Waals surface area contributed by atoms with E-state index < -0.39 is 0 Å². The molecular weight excluding hydrogens is 270 g/mol. The van der Waals surface area contributed by atoms with E-state index in [1.807, 2.05) is 0 Å². The lowest BCUT2D eigenvalue weighted by atomic mass is 10.1. The zero-order valence-corrected chi connectivity index (χ0v) is 12.3. The third-order valence-corrected chi connectivity index (χ3v) is 3.95. The Morgan fingerprint density at radius 1 is 1.14 bits per heavy atom. The highest BCUT2D eigenvalue weighted by Gasteiger charge is 2.24. The first kappa shape index (κ1) is 13.7. The van der Waals surface area contributed by atoms with Crippen molar-refractivity contribution in [1.82, 2.24) is 10.2 Å². The average molecular weight is 289 g/mol. The van der Waals surface area contributed by atoms with Crippen LogP contribution < -0.4 is 15.2 Å². The first-order valence-electron chi connectivity index (χ1n) is 7.08. The van der Waals surface area contributed by atoms with Crippen molar-refractivity contribution in [1.29, 1.82) is 0 Å². The number of methoxy groups -OCH3 is 2. The molecule has 1 heterocycles. The van der Waals surface area contributed by atoms with Crippen LogP contribution in [0.15, 0.2) is 16.5 Å². The molecule has 21 heavy (non-hydrogen) atoms. The van der Waals surface area contributed by atoms with Crippen molar-refractivity contribution in [3.8, 4) is 23.0 Å². The number of anilines is 1. The molecule has 1 fully saturated rings. The molecule has 3 rings (SSSR count). The fourth-order valence-corrected chi connectivity index (χ4v) is 2.75. The van der Waals surface area contributed by atoms with E-state index >= 15 is 0 Å². The number of hydrogen-bond acceptors (Lipinski definition) is 6. The number of aromatic nitrogens is 2. The van der Waals surface area contributed by atoms with E-state index in [1.54, 1.807) is 26.4 Å². The minimum Gasteiger partial charge on any atom is -0.497 e. The lowest BCUT2D eigenvalue weighted by Gasteiger charge is -2.10. The lowest BCUT2D eigenvalue weighted by molar-refractivity contribution is 0.395. The highest BCUT2D eigenvalue weighted by Crippen LogP contribution is 2.39. The molecular formula is C15H19N3O3. The van der Waals surface area contributed by atoms with Crippen LogP contribution >= 0.6 is 0 Å². The first-order chi connectivity index (χ1) is 10.2. The molecule has 0 atom stereocenters. The Morgan fingerprint density at radius 2 is 1.90 bits per heavy atom. The average Bonchev–Trinajstić information content (AvgIpc) is 3.18. The van der Waals surface area contributed by atoms with Gasteiger partial charge in [0, 0.05) is 12.0 Å². The molecule has 2 N–H and O–H groups in total. The molecule has 0 radical (unpaired) electrons. The number of nitrogens with zero attached hydrogens (tertiary/aromatic N) is 2. The quantitative estimate of drug-likeness (QED) is 0.871. The Bertz CT molecular complexity index is 633. The van der Waals surface area contributed by atoms with E-state index in [2.05, 4.69) is 10.2 Å². The number of nitrogen functional groups attached to an aromatic ring is 1. The summed E-state index contributed by atoms with van der Waals surface area (Å²) < 4.78 is 16.3. The lowest BCUT2D eigenvalue weighted by Crippen LogP contribution is -1.97. The third-order valence-electron chi connectivity index (χ3n) is 3.95. The fourth-order valence-electron chi connectivity index (χ4n) is 2.75. The largest absolute Gasteiger partial charge is 0.497 e. The van der Waals surface area contributed by atoms with E-state index in [0.717, 1.165) is 12.8 Å². The maximum Gasteiger partial charge on any atom is 0.250 e. The van der Waals surface area contributed by atoms with Crippen LogP contribution in [0, 0.1) is 0 Å². The van der Waals surface area contributed by atoms with Crippen LogP contribution in [-0.2, 0) is 0 Å². The monoisotopic (exact) mass is 289 g/mol. The molecule has 1 saturated carbocycles. The topological polar surface area (TPSA) is 83.4 Å². The van der Waals surface area contributed by atoms with Crippen LogP contribution in [0.4, 0.5) is 5.69 Å². The molecule has 0 spiro atoms. The summed E-state index contributed by atoms with van der Waals surface area (Å²) in [5.41, 5.74) is 7.22. The minimum absolute atomic E-state index is 0.375. The van der Waals surface area contributed by atoms with Crippen LogP contribution in [0.2, 0.25) is 0 Å². The molecule has 0 bridgehead atoms. The van der Waals surface area contributed by atoms with Crippen molar-refractivity contribution in [2.75, 3.05) is 20.0 Å². The second kappa shape index (κ2) is 5.63. The van der Waals surface area contributed by atoms with Gasteiger partial charge >= 0.3 is 0 Å². The van der Waals surface area contributed by atoms with E-state index in [0.29, 0.717) is 40.4 Å². The summed E-state index contributed by atoms with van der Waals surface area (Å²) >= 11 is 0. The molecule has 0 saturated heterocycles. The van der Waals surface area contributed by atoms with Gasteiger partial charge in [-0.15, -0.1) is 10.2 Å². The van der Waals surface area contributed by atoms with Crippen molar-refractivity contribution >= 4 is 5.69 Å². The molecule has 1 aliphatic rings. The smallest absolute Gasteiger partial charge is 0.250 e. The summed E-state index contributed by atoms with van der Waals surface area (Å²) in [6.45, 7) is 0. The molecule has 112 valence electrons. The molecule has 6 nitrogen and oxygen atoms in total.